The molecule has 0 saturated carbocycles. The average molecular weight is 243 g/mol. The van der Waals surface area contributed by atoms with Crippen LogP contribution in [0.15, 0.2) is 18.2 Å². The van der Waals surface area contributed by atoms with Gasteiger partial charge in [0.15, 0.2) is 11.6 Å². The Morgan fingerprint density at radius 1 is 1.29 bits per heavy atom. The van der Waals surface area contributed by atoms with Gasteiger partial charge < -0.3 is 10.5 Å². The fourth-order valence-corrected chi connectivity index (χ4v) is 1.85. The maximum atomic E-state index is 13.4. The second-order valence-electron chi connectivity index (χ2n) is 3.98. The molecule has 2 nitrogen and oxygen atoms in total. The molecule has 0 heterocycles. The Morgan fingerprint density at radius 2 is 2.00 bits per heavy atom. The monoisotopic (exact) mass is 243 g/mol. The Kier molecular flexibility index (Phi) is 5.51. The van der Waals surface area contributed by atoms with E-state index in [4.69, 9.17) is 10.5 Å². The summed E-state index contributed by atoms with van der Waals surface area (Å²) in [7, 11) is 0. The van der Waals surface area contributed by atoms with Crippen molar-refractivity contribution in [2.24, 2.45) is 5.73 Å². The second kappa shape index (κ2) is 6.67. The van der Waals surface area contributed by atoms with Crippen molar-refractivity contribution in [1.82, 2.24) is 0 Å². The predicted octanol–water partition coefficient (Wildman–Crippen LogP) is 2.65. The molecule has 2 N–H and O–H groups in total. The number of halogens is 2. The summed E-state index contributed by atoms with van der Waals surface area (Å²) in [6.45, 7) is 4.41. The first-order chi connectivity index (χ1) is 8.10. The van der Waals surface area contributed by atoms with Crippen LogP contribution in [0.3, 0.4) is 0 Å². The van der Waals surface area contributed by atoms with Crippen molar-refractivity contribution in [2.45, 2.75) is 38.8 Å². The normalized spacial score (nSPS) is 14.6. The van der Waals surface area contributed by atoms with Gasteiger partial charge in [0.25, 0.3) is 0 Å². The highest BCUT2D eigenvalue weighted by atomic mass is 19.2. The van der Waals surface area contributed by atoms with Gasteiger partial charge in [0.2, 0.25) is 0 Å². The van der Waals surface area contributed by atoms with Crippen molar-refractivity contribution in [3.63, 3.8) is 0 Å². The highest BCUT2D eigenvalue weighted by molar-refractivity contribution is 5.20. The molecule has 1 aromatic rings. The zero-order valence-electron chi connectivity index (χ0n) is 10.2. The molecule has 0 saturated heterocycles. The van der Waals surface area contributed by atoms with Crippen molar-refractivity contribution in [1.29, 1.82) is 0 Å². The van der Waals surface area contributed by atoms with E-state index in [-0.39, 0.29) is 18.6 Å². The fourth-order valence-electron chi connectivity index (χ4n) is 1.85. The Hall–Kier alpha value is -1.00. The van der Waals surface area contributed by atoms with E-state index in [2.05, 4.69) is 0 Å². The second-order valence-corrected chi connectivity index (χ2v) is 3.98. The Morgan fingerprint density at radius 3 is 2.59 bits per heavy atom. The Balaban J connectivity index is 2.72. The van der Waals surface area contributed by atoms with Crippen LogP contribution < -0.4 is 5.73 Å². The molecule has 2 atom stereocenters. The molecule has 17 heavy (non-hydrogen) atoms. The molecule has 0 aliphatic heterocycles. The lowest BCUT2D eigenvalue weighted by molar-refractivity contribution is 0.0415. The zero-order valence-corrected chi connectivity index (χ0v) is 10.2. The molecule has 1 rings (SSSR count). The molecule has 0 spiro atoms. The Labute approximate surface area is 101 Å². The van der Waals surface area contributed by atoms with Crippen molar-refractivity contribution in [3.8, 4) is 0 Å². The van der Waals surface area contributed by atoms with Gasteiger partial charge in [0, 0.05) is 12.6 Å². The summed E-state index contributed by atoms with van der Waals surface area (Å²) in [5.41, 5.74) is 6.25. The smallest absolute Gasteiger partial charge is 0.162 e. The highest BCUT2D eigenvalue weighted by Gasteiger charge is 2.19. The number of hydrogen-bond acceptors (Lipinski definition) is 2. The SMILES string of the molecule is CCOC(CC)C(N)Cc1cccc(F)c1F. The highest BCUT2D eigenvalue weighted by Crippen LogP contribution is 2.15. The molecule has 4 heteroatoms. The molecule has 0 bridgehead atoms. The molecule has 0 fully saturated rings. The zero-order chi connectivity index (χ0) is 12.8. The van der Waals surface area contributed by atoms with Gasteiger partial charge in [-0.15, -0.1) is 0 Å². The minimum atomic E-state index is -0.834. The third kappa shape index (κ3) is 3.75. The summed E-state index contributed by atoms with van der Waals surface area (Å²) in [5, 5.41) is 0. The number of nitrogens with two attached hydrogens (primary N) is 1. The van der Waals surface area contributed by atoms with Crippen LogP contribution in [0, 0.1) is 11.6 Å². The topological polar surface area (TPSA) is 35.2 Å². The summed E-state index contributed by atoms with van der Waals surface area (Å²) in [6.07, 6.45) is 0.913. The molecule has 0 aliphatic rings. The van der Waals surface area contributed by atoms with Gasteiger partial charge in [-0.3, -0.25) is 0 Å². The largest absolute Gasteiger partial charge is 0.377 e. The minimum Gasteiger partial charge on any atom is -0.377 e. The van der Waals surface area contributed by atoms with E-state index in [1.807, 2.05) is 13.8 Å². The van der Waals surface area contributed by atoms with Gasteiger partial charge in [0.05, 0.1) is 6.10 Å². The van der Waals surface area contributed by atoms with E-state index in [0.29, 0.717) is 12.2 Å². The van der Waals surface area contributed by atoms with Gasteiger partial charge in [0.1, 0.15) is 0 Å². The van der Waals surface area contributed by atoms with Crippen molar-refractivity contribution < 1.29 is 13.5 Å². The van der Waals surface area contributed by atoms with Crippen molar-refractivity contribution in [3.05, 3.63) is 35.4 Å². The maximum absolute atomic E-state index is 13.4. The lowest BCUT2D eigenvalue weighted by Crippen LogP contribution is -2.38. The van der Waals surface area contributed by atoms with Crippen molar-refractivity contribution in [2.75, 3.05) is 6.61 Å². The number of hydrogen-bond donors (Lipinski definition) is 1. The van der Waals surface area contributed by atoms with Crippen LogP contribution in [-0.4, -0.2) is 18.8 Å². The first kappa shape index (κ1) is 14.1. The predicted molar refractivity (Wildman–Crippen MR) is 63.7 cm³/mol. The summed E-state index contributed by atoms with van der Waals surface area (Å²) in [5.74, 6) is -1.64. The summed E-state index contributed by atoms with van der Waals surface area (Å²) < 4.78 is 31.9. The lowest BCUT2D eigenvalue weighted by atomic mass is 10.00. The summed E-state index contributed by atoms with van der Waals surface area (Å²) >= 11 is 0. The van der Waals surface area contributed by atoms with E-state index in [1.54, 1.807) is 6.07 Å². The van der Waals surface area contributed by atoms with E-state index >= 15 is 0 Å². The van der Waals surface area contributed by atoms with Gasteiger partial charge in [-0.25, -0.2) is 8.78 Å². The summed E-state index contributed by atoms with van der Waals surface area (Å²) in [6, 6.07) is 3.82. The molecular formula is C13H19F2NO. The van der Waals surface area contributed by atoms with Crippen LogP contribution in [0.2, 0.25) is 0 Å². The first-order valence-corrected chi connectivity index (χ1v) is 5.90. The van der Waals surface area contributed by atoms with Crippen molar-refractivity contribution >= 4 is 0 Å². The molecular weight excluding hydrogens is 224 g/mol. The average Bonchev–Trinajstić information content (AvgIpc) is 2.31. The lowest BCUT2D eigenvalue weighted by Gasteiger charge is -2.22. The maximum Gasteiger partial charge on any atom is 0.162 e. The van der Waals surface area contributed by atoms with E-state index in [9.17, 15) is 8.78 Å². The third-order valence-corrected chi connectivity index (χ3v) is 2.75. The van der Waals surface area contributed by atoms with Gasteiger partial charge in [-0.2, -0.15) is 0 Å². The van der Waals surface area contributed by atoms with Crippen LogP contribution in [0.4, 0.5) is 8.78 Å². The van der Waals surface area contributed by atoms with Crippen LogP contribution in [0.1, 0.15) is 25.8 Å². The van der Waals surface area contributed by atoms with Crippen LogP contribution >= 0.6 is 0 Å². The van der Waals surface area contributed by atoms with Crippen LogP contribution in [0.5, 0.6) is 0 Å². The first-order valence-electron chi connectivity index (χ1n) is 5.90. The van der Waals surface area contributed by atoms with Gasteiger partial charge in [-0.1, -0.05) is 19.1 Å². The molecule has 96 valence electrons. The van der Waals surface area contributed by atoms with E-state index in [1.165, 1.54) is 6.07 Å². The van der Waals surface area contributed by atoms with Crippen LogP contribution in [-0.2, 0) is 11.2 Å². The van der Waals surface area contributed by atoms with E-state index in [0.717, 1.165) is 12.5 Å². The minimum absolute atomic E-state index is 0.123. The van der Waals surface area contributed by atoms with Gasteiger partial charge >= 0.3 is 0 Å². The van der Waals surface area contributed by atoms with Gasteiger partial charge in [-0.05, 0) is 31.4 Å². The molecule has 0 aromatic heterocycles. The number of benzene rings is 1. The molecule has 0 radical (unpaired) electrons. The molecule has 0 amide bonds. The standard InChI is InChI=1S/C13H19F2NO/c1-3-12(17-4-2)11(16)8-9-6-5-7-10(14)13(9)15/h5-7,11-12H,3-4,8,16H2,1-2H3. The fraction of sp³-hybridized carbons (Fsp3) is 0.538. The van der Waals surface area contributed by atoms with E-state index < -0.39 is 11.6 Å². The third-order valence-electron chi connectivity index (χ3n) is 2.75. The molecule has 2 unspecified atom stereocenters. The number of ether oxygens (including phenoxy) is 1. The summed E-state index contributed by atoms with van der Waals surface area (Å²) in [4.78, 5) is 0. The molecule has 1 aromatic carbocycles. The number of rotatable bonds is 6. The van der Waals surface area contributed by atoms with Crippen LogP contribution in [0.25, 0.3) is 0 Å². The molecule has 0 aliphatic carbocycles. The Bertz CT molecular complexity index is 357. The quantitative estimate of drug-likeness (QED) is 0.833.